The van der Waals surface area contributed by atoms with Crippen molar-refractivity contribution in [3.8, 4) is 0 Å². The average Bonchev–Trinajstić information content (AvgIpc) is 2.55. The molecule has 1 atom stereocenters. The first kappa shape index (κ1) is 17.2. The van der Waals surface area contributed by atoms with Crippen LogP contribution < -0.4 is 0 Å². The molecule has 3 nitrogen and oxygen atoms in total. The van der Waals surface area contributed by atoms with Gasteiger partial charge in [0.15, 0.2) is 5.78 Å². The maximum absolute atomic E-state index is 12.9. The Morgan fingerprint density at radius 2 is 1.43 bits per heavy atom. The van der Waals surface area contributed by atoms with Crippen molar-refractivity contribution in [2.24, 2.45) is 0 Å². The number of hydrogen-bond acceptors (Lipinski definition) is 3. The van der Waals surface area contributed by atoms with E-state index in [9.17, 15) is 9.59 Å². The number of carbonyl (C=O) groups excluding carboxylic acids is 2. The molecule has 2 aromatic rings. The maximum Gasteiger partial charge on any atom is 0.339 e. The van der Waals surface area contributed by atoms with Gasteiger partial charge in [-0.25, -0.2) is 4.79 Å². The zero-order valence-electron chi connectivity index (χ0n) is 13.4. The first-order valence-corrected chi connectivity index (χ1v) is 7.82. The lowest BCUT2D eigenvalue weighted by Crippen LogP contribution is -2.40. The quantitative estimate of drug-likeness (QED) is 0.357. The number of halogens is 1. The predicted molar refractivity (Wildman–Crippen MR) is 90.9 cm³/mol. The highest BCUT2D eigenvalue weighted by molar-refractivity contribution is 6.47. The van der Waals surface area contributed by atoms with E-state index in [-0.39, 0.29) is 6.61 Å². The number of benzene rings is 2. The van der Waals surface area contributed by atoms with Crippen molar-refractivity contribution in [1.29, 1.82) is 0 Å². The molecule has 2 aromatic carbocycles. The summed E-state index contributed by atoms with van der Waals surface area (Å²) in [7, 11) is 0. The van der Waals surface area contributed by atoms with Gasteiger partial charge in [0.1, 0.15) is 0 Å². The van der Waals surface area contributed by atoms with Gasteiger partial charge in [0, 0.05) is 5.56 Å². The second kappa shape index (κ2) is 6.97. The summed E-state index contributed by atoms with van der Waals surface area (Å²) in [5.41, 5.74) is 2.82. The van der Waals surface area contributed by atoms with Crippen LogP contribution >= 0.6 is 11.6 Å². The molecule has 2 rings (SSSR count). The summed E-state index contributed by atoms with van der Waals surface area (Å²) in [6.45, 7) is 5.68. The first-order valence-electron chi connectivity index (χ1n) is 7.44. The Morgan fingerprint density at radius 3 is 1.91 bits per heavy atom. The van der Waals surface area contributed by atoms with Crippen LogP contribution in [0.5, 0.6) is 0 Å². The third kappa shape index (κ3) is 3.45. The lowest BCUT2D eigenvalue weighted by Gasteiger charge is -2.24. The van der Waals surface area contributed by atoms with E-state index in [2.05, 4.69) is 0 Å². The normalized spacial score (nSPS) is 13.2. The van der Waals surface area contributed by atoms with Crippen molar-refractivity contribution in [3.05, 3.63) is 70.8 Å². The van der Waals surface area contributed by atoms with E-state index in [1.165, 1.54) is 0 Å². The zero-order chi connectivity index (χ0) is 17.0. The van der Waals surface area contributed by atoms with Gasteiger partial charge in [-0.1, -0.05) is 71.3 Å². The summed E-state index contributed by atoms with van der Waals surface area (Å²) in [5, 5.41) is 0. The molecule has 4 heteroatoms. The summed E-state index contributed by atoms with van der Waals surface area (Å²) >= 11 is 6.55. The van der Waals surface area contributed by atoms with Gasteiger partial charge < -0.3 is 4.74 Å². The van der Waals surface area contributed by atoms with E-state index >= 15 is 0 Å². The van der Waals surface area contributed by atoms with Gasteiger partial charge in [0.25, 0.3) is 0 Å². The standard InChI is InChI=1S/C19H19ClO3/c1-4-23-18(22)19(20,16-11-7-14(3)8-12-16)17(21)15-9-5-13(2)6-10-15/h5-12H,4H2,1-3H3. The molecule has 0 radical (unpaired) electrons. The fourth-order valence-electron chi connectivity index (χ4n) is 2.26. The molecule has 23 heavy (non-hydrogen) atoms. The van der Waals surface area contributed by atoms with Crippen molar-refractivity contribution >= 4 is 23.4 Å². The van der Waals surface area contributed by atoms with E-state index < -0.39 is 16.6 Å². The lowest BCUT2D eigenvalue weighted by atomic mass is 9.89. The molecule has 0 aliphatic carbocycles. The van der Waals surface area contributed by atoms with Crippen molar-refractivity contribution in [2.75, 3.05) is 6.61 Å². The molecule has 0 saturated carbocycles. The highest BCUT2D eigenvalue weighted by Crippen LogP contribution is 2.35. The van der Waals surface area contributed by atoms with Crippen molar-refractivity contribution in [3.63, 3.8) is 0 Å². The Hall–Kier alpha value is -2.13. The topological polar surface area (TPSA) is 43.4 Å². The SMILES string of the molecule is CCOC(=O)C(Cl)(C(=O)c1ccc(C)cc1)c1ccc(C)cc1. The highest BCUT2D eigenvalue weighted by atomic mass is 35.5. The second-order valence-electron chi connectivity index (χ2n) is 5.44. The van der Waals surface area contributed by atoms with Crippen molar-refractivity contribution < 1.29 is 14.3 Å². The largest absolute Gasteiger partial charge is 0.464 e. The van der Waals surface area contributed by atoms with Gasteiger partial charge in [-0.15, -0.1) is 0 Å². The van der Waals surface area contributed by atoms with E-state index in [0.717, 1.165) is 11.1 Å². The van der Waals surface area contributed by atoms with Gasteiger partial charge in [0.2, 0.25) is 4.87 Å². The Balaban J connectivity index is 2.52. The minimum Gasteiger partial charge on any atom is -0.464 e. The summed E-state index contributed by atoms with van der Waals surface area (Å²) in [4.78, 5) is 23.5. The van der Waals surface area contributed by atoms with Crippen molar-refractivity contribution in [1.82, 2.24) is 0 Å². The molecule has 0 bridgehead atoms. The molecular weight excluding hydrogens is 312 g/mol. The number of ketones is 1. The molecule has 0 N–H and O–H groups in total. The van der Waals surface area contributed by atoms with Crippen LogP contribution in [-0.4, -0.2) is 18.4 Å². The number of ether oxygens (including phenoxy) is 1. The third-order valence-electron chi connectivity index (χ3n) is 3.63. The van der Waals surface area contributed by atoms with Crippen LogP contribution in [0.4, 0.5) is 0 Å². The Morgan fingerprint density at radius 1 is 0.957 bits per heavy atom. The summed E-state index contributed by atoms with van der Waals surface area (Å²) < 4.78 is 5.07. The minimum absolute atomic E-state index is 0.153. The van der Waals surface area contributed by atoms with Gasteiger partial charge >= 0.3 is 5.97 Å². The van der Waals surface area contributed by atoms with Crippen LogP contribution in [-0.2, 0) is 14.4 Å². The summed E-state index contributed by atoms with van der Waals surface area (Å²) in [6.07, 6.45) is 0. The van der Waals surface area contributed by atoms with E-state index in [4.69, 9.17) is 16.3 Å². The summed E-state index contributed by atoms with van der Waals surface area (Å²) in [6, 6.07) is 14.0. The van der Waals surface area contributed by atoms with E-state index in [1.54, 1.807) is 31.2 Å². The first-order chi connectivity index (χ1) is 10.9. The molecule has 0 aromatic heterocycles. The molecule has 1 unspecified atom stereocenters. The second-order valence-corrected chi connectivity index (χ2v) is 6.01. The van der Waals surface area contributed by atoms with Crippen molar-refractivity contribution in [2.45, 2.75) is 25.6 Å². The number of Topliss-reactive ketones (excluding diaryl/α,β-unsaturated/α-hetero) is 1. The molecule has 0 saturated heterocycles. The van der Waals surface area contributed by atoms with Crippen LogP contribution in [0.1, 0.15) is 34.0 Å². The van der Waals surface area contributed by atoms with Crippen LogP contribution in [0, 0.1) is 13.8 Å². The number of carbonyl (C=O) groups is 2. The van der Waals surface area contributed by atoms with Crippen LogP contribution in [0.15, 0.2) is 48.5 Å². The molecule has 0 aliphatic heterocycles. The molecule has 120 valence electrons. The third-order valence-corrected chi connectivity index (χ3v) is 4.18. The Bertz CT molecular complexity index is 704. The van der Waals surface area contributed by atoms with Crippen LogP contribution in [0.2, 0.25) is 0 Å². The number of aryl methyl sites for hydroxylation is 2. The molecule has 0 amide bonds. The fourth-order valence-corrected chi connectivity index (χ4v) is 2.55. The number of esters is 1. The number of hydrogen-bond donors (Lipinski definition) is 0. The molecule has 0 aliphatic rings. The van der Waals surface area contributed by atoms with Crippen LogP contribution in [0.3, 0.4) is 0 Å². The zero-order valence-corrected chi connectivity index (χ0v) is 14.2. The number of alkyl halides is 1. The number of rotatable bonds is 5. The van der Waals surface area contributed by atoms with Gasteiger partial charge in [-0.05, 0) is 26.3 Å². The van der Waals surface area contributed by atoms with Gasteiger partial charge in [-0.3, -0.25) is 4.79 Å². The van der Waals surface area contributed by atoms with E-state index in [1.807, 2.05) is 38.1 Å². The predicted octanol–water partition coefficient (Wildman–Crippen LogP) is 4.18. The molecule has 0 spiro atoms. The van der Waals surface area contributed by atoms with Crippen LogP contribution in [0.25, 0.3) is 0 Å². The lowest BCUT2D eigenvalue weighted by molar-refractivity contribution is -0.145. The molecular formula is C19H19ClO3. The Kier molecular flexibility index (Phi) is 5.22. The van der Waals surface area contributed by atoms with Gasteiger partial charge in [-0.2, -0.15) is 0 Å². The highest BCUT2D eigenvalue weighted by Gasteiger charge is 2.47. The average molecular weight is 331 g/mol. The minimum atomic E-state index is -1.88. The van der Waals surface area contributed by atoms with Gasteiger partial charge in [0.05, 0.1) is 6.61 Å². The summed E-state index contributed by atoms with van der Waals surface area (Å²) in [5.74, 6) is -1.24. The Labute approximate surface area is 141 Å². The fraction of sp³-hybridized carbons (Fsp3) is 0.263. The van der Waals surface area contributed by atoms with E-state index in [0.29, 0.717) is 11.1 Å². The molecule has 0 fully saturated rings. The maximum atomic E-state index is 12.9. The monoisotopic (exact) mass is 330 g/mol. The smallest absolute Gasteiger partial charge is 0.339 e. The molecule has 0 heterocycles.